The summed E-state index contributed by atoms with van der Waals surface area (Å²) in [7, 11) is 3.74. The van der Waals surface area contributed by atoms with Gasteiger partial charge in [-0.2, -0.15) is 13.2 Å². The minimum Gasteiger partial charge on any atom is -0.371 e. The van der Waals surface area contributed by atoms with Crippen LogP contribution in [0.15, 0.2) is 48.5 Å². The highest BCUT2D eigenvalue weighted by Crippen LogP contribution is 2.34. The second kappa shape index (κ2) is 9.37. The summed E-state index contributed by atoms with van der Waals surface area (Å²) in [5.74, 6) is -0.443. The molecule has 0 aliphatic carbocycles. The smallest absolute Gasteiger partial charge is 0.371 e. The minimum atomic E-state index is -4.70. The van der Waals surface area contributed by atoms with E-state index in [0.29, 0.717) is 12.6 Å². The van der Waals surface area contributed by atoms with Crippen LogP contribution in [0.4, 0.5) is 24.5 Å². The monoisotopic (exact) mass is 410 g/mol. The van der Waals surface area contributed by atoms with Crippen molar-refractivity contribution in [2.75, 3.05) is 32.5 Å². The Balaban J connectivity index is 2.01. The van der Waals surface area contributed by atoms with Crippen LogP contribution in [0.1, 0.15) is 17.2 Å². The lowest BCUT2D eigenvalue weighted by Gasteiger charge is -2.25. The van der Waals surface area contributed by atoms with Crippen LogP contribution < -0.4 is 10.6 Å². The number of carbonyl (C=O) groups excluding carboxylic acids is 1. The van der Waals surface area contributed by atoms with Crippen LogP contribution >= 0.6 is 0 Å². The van der Waals surface area contributed by atoms with E-state index in [1.54, 1.807) is 0 Å². The summed E-state index contributed by atoms with van der Waals surface area (Å²) in [5.41, 5.74) is -1.03. The van der Waals surface area contributed by atoms with Crippen molar-refractivity contribution in [1.29, 1.82) is 0 Å². The Labute approximate surface area is 165 Å². The molecule has 0 heterocycles. The maximum atomic E-state index is 12.7. The molecule has 0 aliphatic rings. The standard InChI is InChI=1S/C19H21F3N4O3/c1-25(2)17(13-6-4-3-5-7-13)11-24-18(27)12-23-15-9-8-14(19(20,21)22)10-16(15)26(28)29/h3-10,17,23H,11-12H2,1-2H3,(H,24,27)/t17-/m1/s1. The molecule has 10 heteroatoms. The van der Waals surface area contributed by atoms with Gasteiger partial charge in [-0.1, -0.05) is 30.3 Å². The summed E-state index contributed by atoms with van der Waals surface area (Å²) >= 11 is 0. The third-order valence-electron chi connectivity index (χ3n) is 4.26. The largest absolute Gasteiger partial charge is 0.416 e. The van der Waals surface area contributed by atoms with E-state index in [0.717, 1.165) is 17.7 Å². The highest BCUT2D eigenvalue weighted by atomic mass is 19.4. The molecule has 2 aromatic rings. The van der Waals surface area contributed by atoms with Gasteiger partial charge in [0.25, 0.3) is 5.69 Å². The average molecular weight is 410 g/mol. The lowest BCUT2D eigenvalue weighted by atomic mass is 10.1. The Bertz CT molecular complexity index is 858. The van der Waals surface area contributed by atoms with Crippen molar-refractivity contribution in [3.63, 3.8) is 0 Å². The first kappa shape index (κ1) is 22.2. The number of halogens is 3. The number of nitro benzene ring substituents is 1. The molecule has 0 unspecified atom stereocenters. The number of likely N-dealkylation sites (N-methyl/N-ethyl adjacent to an activating group) is 1. The molecule has 0 spiro atoms. The zero-order valence-corrected chi connectivity index (χ0v) is 15.9. The molecule has 0 saturated heterocycles. The molecular formula is C19H21F3N4O3. The number of amides is 1. The molecule has 0 bridgehead atoms. The first-order chi connectivity index (χ1) is 13.6. The van der Waals surface area contributed by atoms with Gasteiger partial charge in [0.15, 0.2) is 0 Å². The van der Waals surface area contributed by atoms with Crippen molar-refractivity contribution in [3.05, 3.63) is 69.8 Å². The number of nitro groups is 1. The third-order valence-corrected chi connectivity index (χ3v) is 4.26. The highest BCUT2D eigenvalue weighted by molar-refractivity contribution is 5.81. The van der Waals surface area contributed by atoms with Crippen molar-refractivity contribution >= 4 is 17.3 Å². The maximum absolute atomic E-state index is 12.7. The third kappa shape index (κ3) is 6.18. The van der Waals surface area contributed by atoms with Crippen LogP contribution in [0.3, 0.4) is 0 Å². The summed E-state index contributed by atoms with van der Waals surface area (Å²) in [4.78, 5) is 24.2. The van der Waals surface area contributed by atoms with Gasteiger partial charge in [0.2, 0.25) is 5.91 Å². The molecular weight excluding hydrogens is 389 g/mol. The Morgan fingerprint density at radius 1 is 1.17 bits per heavy atom. The predicted octanol–water partition coefficient (Wildman–Crippen LogP) is 3.44. The fourth-order valence-electron chi connectivity index (χ4n) is 2.73. The molecule has 29 heavy (non-hydrogen) atoms. The summed E-state index contributed by atoms with van der Waals surface area (Å²) in [6.45, 7) is -0.0201. The van der Waals surface area contributed by atoms with Crippen LogP contribution in [0, 0.1) is 10.1 Å². The number of anilines is 1. The van der Waals surface area contributed by atoms with Crippen molar-refractivity contribution in [2.45, 2.75) is 12.2 Å². The van der Waals surface area contributed by atoms with E-state index in [1.165, 1.54) is 0 Å². The van der Waals surface area contributed by atoms with Gasteiger partial charge in [-0.3, -0.25) is 14.9 Å². The van der Waals surface area contributed by atoms with E-state index < -0.39 is 28.3 Å². The number of hydrogen-bond acceptors (Lipinski definition) is 5. The van der Waals surface area contributed by atoms with E-state index >= 15 is 0 Å². The van der Waals surface area contributed by atoms with E-state index in [2.05, 4.69) is 10.6 Å². The fourth-order valence-corrected chi connectivity index (χ4v) is 2.73. The molecule has 0 radical (unpaired) electrons. The van der Waals surface area contributed by atoms with E-state index in [4.69, 9.17) is 0 Å². The lowest BCUT2D eigenvalue weighted by molar-refractivity contribution is -0.384. The zero-order valence-electron chi connectivity index (χ0n) is 15.9. The molecule has 0 aromatic heterocycles. The minimum absolute atomic E-state index is 0.0828. The van der Waals surface area contributed by atoms with Gasteiger partial charge in [0.1, 0.15) is 5.69 Å². The second-order valence-corrected chi connectivity index (χ2v) is 6.53. The van der Waals surface area contributed by atoms with Gasteiger partial charge >= 0.3 is 6.18 Å². The zero-order chi connectivity index (χ0) is 21.6. The fraction of sp³-hybridized carbons (Fsp3) is 0.316. The highest BCUT2D eigenvalue weighted by Gasteiger charge is 2.33. The van der Waals surface area contributed by atoms with Gasteiger partial charge in [0, 0.05) is 12.6 Å². The normalized spacial score (nSPS) is 12.5. The summed E-state index contributed by atoms with van der Waals surface area (Å²) in [6.07, 6.45) is -4.70. The summed E-state index contributed by atoms with van der Waals surface area (Å²) in [5, 5.41) is 16.3. The first-order valence-electron chi connectivity index (χ1n) is 8.67. The van der Waals surface area contributed by atoms with Crippen molar-refractivity contribution in [3.8, 4) is 0 Å². The van der Waals surface area contributed by atoms with Gasteiger partial charge in [-0.15, -0.1) is 0 Å². The number of rotatable bonds is 8. The van der Waals surface area contributed by atoms with Crippen LogP contribution in [0.25, 0.3) is 0 Å². The van der Waals surface area contributed by atoms with Crippen molar-refractivity contribution in [2.24, 2.45) is 0 Å². The van der Waals surface area contributed by atoms with E-state index in [-0.39, 0.29) is 18.3 Å². The molecule has 156 valence electrons. The van der Waals surface area contributed by atoms with Crippen molar-refractivity contribution < 1.29 is 22.9 Å². The SMILES string of the molecule is CN(C)[C@H](CNC(=O)CNc1ccc(C(F)(F)F)cc1[N+](=O)[O-])c1ccccc1. The Kier molecular flexibility index (Phi) is 7.16. The quantitative estimate of drug-likeness (QED) is 0.514. The van der Waals surface area contributed by atoms with Gasteiger partial charge in [-0.25, -0.2) is 0 Å². The summed E-state index contributed by atoms with van der Waals surface area (Å²) in [6, 6.07) is 11.6. The first-order valence-corrected chi connectivity index (χ1v) is 8.67. The topological polar surface area (TPSA) is 87.5 Å². The number of benzene rings is 2. The molecule has 2 aromatic carbocycles. The number of alkyl halides is 3. The van der Waals surface area contributed by atoms with Crippen LogP contribution in [-0.2, 0) is 11.0 Å². The van der Waals surface area contributed by atoms with E-state index in [1.807, 2.05) is 49.3 Å². The second-order valence-electron chi connectivity index (χ2n) is 6.53. The van der Waals surface area contributed by atoms with Gasteiger partial charge in [-0.05, 0) is 31.8 Å². The number of nitrogens with zero attached hydrogens (tertiary/aromatic N) is 2. The van der Waals surface area contributed by atoms with Gasteiger partial charge in [0.05, 0.1) is 23.1 Å². The van der Waals surface area contributed by atoms with E-state index in [9.17, 15) is 28.1 Å². The molecule has 1 amide bonds. The maximum Gasteiger partial charge on any atom is 0.416 e. The van der Waals surface area contributed by atoms with Crippen LogP contribution in [0.5, 0.6) is 0 Å². The van der Waals surface area contributed by atoms with Crippen LogP contribution in [-0.4, -0.2) is 42.9 Å². The Morgan fingerprint density at radius 2 is 1.83 bits per heavy atom. The molecule has 0 saturated carbocycles. The number of nitrogens with one attached hydrogen (secondary N) is 2. The predicted molar refractivity (Wildman–Crippen MR) is 102 cm³/mol. The number of hydrogen-bond donors (Lipinski definition) is 2. The van der Waals surface area contributed by atoms with Crippen LogP contribution in [0.2, 0.25) is 0 Å². The summed E-state index contributed by atoms with van der Waals surface area (Å²) < 4.78 is 38.2. The molecule has 1 atom stereocenters. The average Bonchev–Trinajstić information content (AvgIpc) is 2.66. The molecule has 0 aliphatic heterocycles. The molecule has 2 rings (SSSR count). The molecule has 2 N–H and O–H groups in total. The lowest BCUT2D eigenvalue weighted by Crippen LogP contribution is -2.37. The molecule has 7 nitrogen and oxygen atoms in total. The van der Waals surface area contributed by atoms with Gasteiger partial charge < -0.3 is 15.5 Å². The molecule has 0 fully saturated rings. The van der Waals surface area contributed by atoms with Crippen molar-refractivity contribution in [1.82, 2.24) is 10.2 Å². The Morgan fingerprint density at radius 3 is 2.38 bits per heavy atom. The number of carbonyl (C=O) groups is 1. The Hall–Kier alpha value is -3.14.